The minimum absolute atomic E-state index is 0.199. The van der Waals surface area contributed by atoms with E-state index in [1.807, 2.05) is 93.6 Å². The van der Waals surface area contributed by atoms with Crippen molar-refractivity contribution in [3.63, 3.8) is 0 Å². The maximum atomic E-state index is 12.3. The number of hydrogen-bond acceptors (Lipinski definition) is 10. The van der Waals surface area contributed by atoms with E-state index >= 15 is 0 Å². The number of methoxy groups -OCH3 is 2. The summed E-state index contributed by atoms with van der Waals surface area (Å²) in [5, 5.41) is 1.88. The molecule has 0 saturated carbocycles. The fraction of sp³-hybridized carbons (Fsp3) is 0.244. The van der Waals surface area contributed by atoms with E-state index in [-0.39, 0.29) is 19.7 Å². The van der Waals surface area contributed by atoms with Crippen molar-refractivity contribution in [2.45, 2.75) is 33.3 Å². The number of halogens is 2. The number of nitrogens with zero attached hydrogens (tertiary/aromatic N) is 3. The first kappa shape index (κ1) is 41.1. The summed E-state index contributed by atoms with van der Waals surface area (Å²) in [4.78, 5) is 23.1. The Morgan fingerprint density at radius 3 is 1.70 bits per heavy atom. The number of benzene rings is 4. The highest BCUT2D eigenvalue weighted by Gasteiger charge is 2.21. The second-order valence-electron chi connectivity index (χ2n) is 12.9. The zero-order valence-corrected chi connectivity index (χ0v) is 35.8. The topological polar surface area (TPSA) is 92.2 Å². The van der Waals surface area contributed by atoms with Gasteiger partial charge in [-0.2, -0.15) is 0 Å². The van der Waals surface area contributed by atoms with Gasteiger partial charge in [0.1, 0.15) is 27.1 Å². The van der Waals surface area contributed by atoms with E-state index in [4.69, 9.17) is 23.7 Å². The van der Waals surface area contributed by atoms with Gasteiger partial charge in [-0.15, -0.1) is 22.7 Å². The number of hydrogen-bond donors (Lipinski definition) is 0. The summed E-state index contributed by atoms with van der Waals surface area (Å²) in [6, 6.07) is 23.8. The molecule has 0 aliphatic carbocycles. The average molecular weight is 896 g/mol. The molecule has 0 aliphatic heterocycles. The van der Waals surface area contributed by atoms with Crippen molar-refractivity contribution in [1.82, 2.24) is 9.97 Å². The molecule has 0 bridgehead atoms. The molecule has 0 aliphatic rings. The number of aryl methyl sites for hydroxylation is 1. The summed E-state index contributed by atoms with van der Waals surface area (Å²) < 4.78 is 30.2. The van der Waals surface area contributed by atoms with Gasteiger partial charge in [-0.05, 0) is 143 Å². The van der Waals surface area contributed by atoms with Gasteiger partial charge < -0.3 is 23.7 Å². The summed E-state index contributed by atoms with van der Waals surface area (Å²) in [6.45, 7) is 8.08. The number of anilines is 1. The van der Waals surface area contributed by atoms with Gasteiger partial charge in [-0.3, -0.25) is 4.90 Å². The van der Waals surface area contributed by atoms with Crippen LogP contribution in [-0.4, -0.2) is 56.5 Å². The van der Waals surface area contributed by atoms with Crippen LogP contribution in [0.15, 0.2) is 81.7 Å². The quantitative estimate of drug-likeness (QED) is 0.119. The monoisotopic (exact) mass is 893 g/mol. The van der Waals surface area contributed by atoms with Crippen molar-refractivity contribution in [3.8, 4) is 11.5 Å². The van der Waals surface area contributed by atoms with Gasteiger partial charge in [0, 0.05) is 27.0 Å². The van der Waals surface area contributed by atoms with Crippen LogP contribution in [0.3, 0.4) is 0 Å². The van der Waals surface area contributed by atoms with Crippen LogP contribution in [0.25, 0.3) is 44.7 Å². The molecule has 9 nitrogen and oxygen atoms in total. The van der Waals surface area contributed by atoms with Crippen LogP contribution in [-0.2, 0) is 14.2 Å². The fourth-order valence-corrected chi connectivity index (χ4v) is 7.72. The molecule has 0 N–H and O–H groups in total. The molecule has 4 aromatic carbocycles. The minimum Gasteiger partial charge on any atom is -0.466 e. The first-order valence-electron chi connectivity index (χ1n) is 16.7. The number of ether oxygens (including phenoxy) is 5. The molecule has 0 atom stereocenters. The van der Waals surface area contributed by atoms with Crippen molar-refractivity contribution in [2.24, 2.45) is 0 Å². The second-order valence-corrected chi connectivity index (χ2v) is 16.7. The molecule has 0 spiro atoms. The van der Waals surface area contributed by atoms with Crippen LogP contribution in [0.5, 0.6) is 11.5 Å². The van der Waals surface area contributed by atoms with Gasteiger partial charge in [0.25, 0.3) is 0 Å². The number of aromatic nitrogens is 2. The number of amides is 1. The first-order chi connectivity index (χ1) is 25.8. The van der Waals surface area contributed by atoms with Crippen LogP contribution in [0.2, 0.25) is 0 Å². The van der Waals surface area contributed by atoms with Gasteiger partial charge >= 0.3 is 6.09 Å². The van der Waals surface area contributed by atoms with Crippen molar-refractivity contribution in [1.29, 1.82) is 0 Å². The molecule has 6 aromatic rings. The zero-order chi connectivity index (χ0) is 38.8. The summed E-state index contributed by atoms with van der Waals surface area (Å²) in [5.74, 6) is 1.49. The van der Waals surface area contributed by atoms with Crippen LogP contribution < -0.4 is 14.4 Å². The van der Waals surface area contributed by atoms with E-state index in [2.05, 4.69) is 73.0 Å². The van der Waals surface area contributed by atoms with Crippen LogP contribution in [0.4, 0.5) is 10.5 Å². The molecular weight excluding hydrogens is 854 g/mol. The molecule has 2 heterocycles. The van der Waals surface area contributed by atoms with Gasteiger partial charge in [-0.1, -0.05) is 30.4 Å². The lowest BCUT2D eigenvalue weighted by Gasteiger charge is -2.24. The maximum Gasteiger partial charge on any atom is 0.414 e. The summed E-state index contributed by atoms with van der Waals surface area (Å²) in [7, 11) is 4.89. The Labute approximate surface area is 340 Å². The Kier molecular flexibility index (Phi) is 14.4. The van der Waals surface area contributed by atoms with Crippen molar-refractivity contribution < 1.29 is 28.5 Å². The number of carbonyl (C=O) groups excluding carboxylic acids is 1. The largest absolute Gasteiger partial charge is 0.466 e. The number of rotatable bonds is 11. The van der Waals surface area contributed by atoms with Crippen molar-refractivity contribution in [3.05, 3.63) is 108 Å². The highest BCUT2D eigenvalue weighted by molar-refractivity contribution is 9.11. The Morgan fingerprint density at radius 1 is 0.722 bits per heavy atom. The predicted octanol–water partition coefficient (Wildman–Crippen LogP) is 12.1. The second kappa shape index (κ2) is 19.0. The Hall–Kier alpha value is -4.11. The molecule has 0 saturated heterocycles. The number of thiazole rings is 2. The lowest BCUT2D eigenvalue weighted by atomic mass is 10.2. The smallest absolute Gasteiger partial charge is 0.414 e. The zero-order valence-electron chi connectivity index (χ0n) is 31.0. The van der Waals surface area contributed by atoms with Gasteiger partial charge in [0.15, 0.2) is 13.6 Å². The van der Waals surface area contributed by atoms with Crippen molar-refractivity contribution >= 4 is 111 Å². The predicted molar refractivity (Wildman–Crippen MR) is 230 cm³/mol. The molecule has 1 amide bonds. The Morgan fingerprint density at radius 2 is 1.22 bits per heavy atom. The molecule has 13 heteroatoms. The molecule has 2 aromatic heterocycles. The van der Waals surface area contributed by atoms with E-state index < -0.39 is 5.60 Å². The fourth-order valence-electron chi connectivity index (χ4n) is 4.82. The molecule has 6 rings (SSSR count). The van der Waals surface area contributed by atoms with Gasteiger partial charge in [0.05, 0.1) is 29.4 Å². The van der Waals surface area contributed by atoms with Crippen LogP contribution in [0.1, 0.15) is 47.5 Å². The molecule has 0 fully saturated rings. The molecule has 54 heavy (non-hydrogen) atoms. The molecule has 282 valence electrons. The lowest BCUT2D eigenvalue weighted by Crippen LogP contribution is -2.34. The van der Waals surface area contributed by atoms with E-state index in [1.165, 1.54) is 15.2 Å². The SMILES string of the molecule is COCOc1ccc(/C=C/c2nc3ccc(C)cc3s2)cc1Br.COCOc1ccc(/C=C/c2nc3ccc(N(C)C(=O)OC(C)(C)C)cc3s2)cc1Br. The summed E-state index contributed by atoms with van der Waals surface area (Å²) >= 11 is 10.3. The molecule has 0 unspecified atom stereocenters. The Bertz CT molecular complexity index is 2280. The standard InChI is InChI=1S/C23H25BrN2O4S.C18H16BrNO2S/c1-23(2,3)30-22(27)26(4)16-8-9-18-20(13-16)31-21(25-18)11-7-15-6-10-19(17(24)12-15)29-14-28-5;1-12-3-6-15-17(9-12)23-18(20-15)8-5-13-4-7-16(14(19)10-13)22-11-21-2/h6-13H,14H2,1-5H3;3-10H,11H2,1-2H3/b11-7+;8-5+. The number of carbonyl (C=O) groups is 1. The van der Waals surface area contributed by atoms with E-state index in [0.29, 0.717) is 0 Å². The molecule has 0 radical (unpaired) electrons. The maximum absolute atomic E-state index is 12.3. The van der Waals surface area contributed by atoms with E-state index in [0.717, 1.165) is 63.0 Å². The average Bonchev–Trinajstić information content (AvgIpc) is 3.74. The molecular formula is C41H41Br2N3O6S2. The Balaban J connectivity index is 0.000000217. The van der Waals surface area contributed by atoms with E-state index in [1.54, 1.807) is 43.9 Å². The third kappa shape index (κ3) is 11.7. The van der Waals surface area contributed by atoms with E-state index in [9.17, 15) is 4.79 Å². The summed E-state index contributed by atoms with van der Waals surface area (Å²) in [6.07, 6.45) is 7.67. The third-order valence-corrected chi connectivity index (χ3v) is 10.6. The van der Waals surface area contributed by atoms with Crippen molar-refractivity contribution in [2.75, 3.05) is 39.8 Å². The van der Waals surface area contributed by atoms with Crippen LogP contribution >= 0.6 is 54.5 Å². The lowest BCUT2D eigenvalue weighted by molar-refractivity contribution is 0.0504. The summed E-state index contributed by atoms with van der Waals surface area (Å²) in [5.41, 5.74) is 5.50. The highest BCUT2D eigenvalue weighted by Crippen LogP contribution is 2.31. The third-order valence-electron chi connectivity index (χ3n) is 7.42. The van der Waals surface area contributed by atoms with Gasteiger partial charge in [-0.25, -0.2) is 14.8 Å². The highest BCUT2D eigenvalue weighted by atomic mass is 79.9. The minimum atomic E-state index is -0.541. The van der Waals surface area contributed by atoms with Gasteiger partial charge in [0.2, 0.25) is 0 Å². The normalized spacial score (nSPS) is 11.6. The van der Waals surface area contributed by atoms with Crippen LogP contribution in [0, 0.1) is 6.92 Å². The number of fused-ring (bicyclic) bond motifs is 2. The first-order valence-corrected chi connectivity index (χ1v) is 20.0.